The fourth-order valence-electron chi connectivity index (χ4n) is 1.45. The molecular weight excluding hydrogens is 204 g/mol. The highest BCUT2D eigenvalue weighted by atomic mass is 16.1. The number of aldehydes is 2. The van der Waals surface area contributed by atoms with Gasteiger partial charge in [0.1, 0.15) is 0 Å². The number of rotatable bonds is 3. The van der Waals surface area contributed by atoms with Crippen molar-refractivity contribution in [3.05, 3.63) is 47.9 Å². The Balaban J connectivity index is 2.66. The highest BCUT2D eigenvalue weighted by Gasteiger charge is 2.10. The lowest BCUT2D eigenvalue weighted by molar-refractivity contribution is 0.109. The van der Waals surface area contributed by atoms with Gasteiger partial charge >= 0.3 is 0 Å². The molecule has 0 unspecified atom stereocenters. The molecule has 0 atom stereocenters. The van der Waals surface area contributed by atoms with Gasteiger partial charge in [-0.1, -0.05) is 0 Å². The summed E-state index contributed by atoms with van der Waals surface area (Å²) in [5, 5.41) is 0. The quantitative estimate of drug-likeness (QED) is 0.727. The predicted molar refractivity (Wildman–Crippen MR) is 58.2 cm³/mol. The van der Waals surface area contributed by atoms with E-state index in [0.717, 1.165) is 0 Å². The Morgan fingerprint density at radius 3 is 2.56 bits per heavy atom. The topological polar surface area (TPSA) is 59.9 Å². The lowest BCUT2D eigenvalue weighted by Crippen LogP contribution is -1.97. The van der Waals surface area contributed by atoms with Crippen molar-refractivity contribution in [3.63, 3.8) is 0 Å². The highest BCUT2D eigenvalue weighted by molar-refractivity contribution is 5.95. The third-order valence-corrected chi connectivity index (χ3v) is 2.20. The second kappa shape index (κ2) is 4.44. The Morgan fingerprint density at radius 2 is 1.94 bits per heavy atom. The molecule has 0 aliphatic rings. The molecule has 0 amide bonds. The molecule has 0 N–H and O–H groups in total. The molecule has 2 aromatic heterocycles. The van der Waals surface area contributed by atoms with E-state index in [9.17, 15) is 9.59 Å². The second-order valence-electron chi connectivity index (χ2n) is 3.14. The van der Waals surface area contributed by atoms with Gasteiger partial charge in [0.2, 0.25) is 0 Å². The Labute approximate surface area is 92.0 Å². The first-order valence-corrected chi connectivity index (χ1v) is 4.66. The Hall–Kier alpha value is -2.36. The molecule has 16 heavy (non-hydrogen) atoms. The molecule has 0 aromatic carbocycles. The molecule has 0 aliphatic carbocycles. The number of hydrogen-bond donors (Lipinski definition) is 0. The summed E-state index contributed by atoms with van der Waals surface area (Å²) in [7, 11) is 0. The molecule has 4 nitrogen and oxygen atoms in total. The molecule has 2 heterocycles. The predicted octanol–water partition coefficient (Wildman–Crippen LogP) is 1.77. The first-order chi connectivity index (χ1) is 7.86. The largest absolute Gasteiger partial charge is 0.298 e. The van der Waals surface area contributed by atoms with Crippen LogP contribution >= 0.6 is 0 Å². The average Bonchev–Trinajstić information content (AvgIpc) is 2.38. The van der Waals surface area contributed by atoms with Crippen molar-refractivity contribution in [2.45, 2.75) is 0 Å². The monoisotopic (exact) mass is 212 g/mol. The molecule has 0 saturated heterocycles. The smallest absolute Gasteiger partial charge is 0.152 e. The number of aromatic nitrogens is 2. The summed E-state index contributed by atoms with van der Waals surface area (Å²) >= 11 is 0. The van der Waals surface area contributed by atoms with Crippen LogP contribution in [0.4, 0.5) is 0 Å². The summed E-state index contributed by atoms with van der Waals surface area (Å²) in [6.45, 7) is 0. The van der Waals surface area contributed by atoms with Gasteiger partial charge in [0.25, 0.3) is 0 Å². The van der Waals surface area contributed by atoms with Crippen molar-refractivity contribution in [2.75, 3.05) is 0 Å². The first-order valence-electron chi connectivity index (χ1n) is 4.66. The summed E-state index contributed by atoms with van der Waals surface area (Å²) in [6, 6.07) is 5.05. The molecule has 4 heteroatoms. The van der Waals surface area contributed by atoms with E-state index in [1.807, 2.05) is 0 Å². The molecule has 2 rings (SSSR count). The van der Waals surface area contributed by atoms with Crippen molar-refractivity contribution in [1.29, 1.82) is 0 Å². The zero-order valence-electron chi connectivity index (χ0n) is 8.33. The summed E-state index contributed by atoms with van der Waals surface area (Å²) in [4.78, 5) is 29.8. The van der Waals surface area contributed by atoms with Crippen molar-refractivity contribution in [1.82, 2.24) is 9.97 Å². The second-order valence-corrected chi connectivity index (χ2v) is 3.14. The molecule has 78 valence electrons. The standard InChI is InChI=1S/C12H8N2O2/c15-7-10-3-5-14-12(11(10)8-16)9-2-1-4-13-6-9/h1-8H. The van der Waals surface area contributed by atoms with Crippen LogP contribution in [-0.2, 0) is 0 Å². The molecule has 2 aromatic rings. The lowest BCUT2D eigenvalue weighted by atomic mass is 10.0. The van der Waals surface area contributed by atoms with Crippen LogP contribution in [0.5, 0.6) is 0 Å². The van der Waals surface area contributed by atoms with Crippen LogP contribution in [0.25, 0.3) is 11.3 Å². The van der Waals surface area contributed by atoms with Crippen LogP contribution in [-0.4, -0.2) is 22.5 Å². The van der Waals surface area contributed by atoms with Gasteiger partial charge in [-0.3, -0.25) is 19.6 Å². The molecule has 0 aliphatic heterocycles. The Kier molecular flexibility index (Phi) is 2.82. The maximum Gasteiger partial charge on any atom is 0.152 e. The van der Waals surface area contributed by atoms with Crippen molar-refractivity contribution >= 4 is 12.6 Å². The molecule has 0 fully saturated rings. The number of carbonyl (C=O) groups excluding carboxylic acids is 2. The van der Waals surface area contributed by atoms with E-state index >= 15 is 0 Å². The van der Waals surface area contributed by atoms with E-state index in [-0.39, 0.29) is 0 Å². The maximum absolute atomic E-state index is 11.0. The normalized spacial score (nSPS) is 9.75. The van der Waals surface area contributed by atoms with Crippen LogP contribution in [0.1, 0.15) is 20.7 Å². The van der Waals surface area contributed by atoms with Gasteiger partial charge in [-0.15, -0.1) is 0 Å². The highest BCUT2D eigenvalue weighted by Crippen LogP contribution is 2.20. The third-order valence-electron chi connectivity index (χ3n) is 2.20. The average molecular weight is 212 g/mol. The SMILES string of the molecule is O=Cc1ccnc(-c2cccnc2)c1C=O. The van der Waals surface area contributed by atoms with E-state index in [4.69, 9.17) is 0 Å². The van der Waals surface area contributed by atoms with Gasteiger partial charge in [-0.2, -0.15) is 0 Å². The number of pyridine rings is 2. The summed E-state index contributed by atoms with van der Waals surface area (Å²) in [5.41, 5.74) is 1.83. The number of nitrogens with zero attached hydrogens (tertiary/aromatic N) is 2. The Morgan fingerprint density at radius 1 is 1.06 bits per heavy atom. The fraction of sp³-hybridized carbons (Fsp3) is 0. The molecule has 0 bridgehead atoms. The van der Waals surface area contributed by atoms with Gasteiger partial charge in [-0.05, 0) is 18.2 Å². The first kappa shape index (κ1) is 10.2. The summed E-state index contributed by atoms with van der Waals surface area (Å²) in [6.07, 6.45) is 6.01. The van der Waals surface area contributed by atoms with Crippen LogP contribution in [0, 0.1) is 0 Å². The van der Waals surface area contributed by atoms with Crippen LogP contribution < -0.4 is 0 Å². The van der Waals surface area contributed by atoms with Crippen LogP contribution in [0.15, 0.2) is 36.8 Å². The van der Waals surface area contributed by atoms with E-state index in [1.165, 1.54) is 12.3 Å². The van der Waals surface area contributed by atoms with E-state index in [1.54, 1.807) is 24.5 Å². The molecule has 0 radical (unpaired) electrons. The minimum atomic E-state index is 0.297. The summed E-state index contributed by atoms with van der Waals surface area (Å²) < 4.78 is 0. The van der Waals surface area contributed by atoms with E-state index in [0.29, 0.717) is 35.0 Å². The number of carbonyl (C=O) groups is 2. The summed E-state index contributed by atoms with van der Waals surface area (Å²) in [5.74, 6) is 0. The minimum absolute atomic E-state index is 0.297. The fourth-order valence-corrected chi connectivity index (χ4v) is 1.45. The lowest BCUT2D eigenvalue weighted by Gasteiger charge is -2.04. The molecular formula is C12H8N2O2. The maximum atomic E-state index is 11.0. The third kappa shape index (κ3) is 1.72. The van der Waals surface area contributed by atoms with Crippen LogP contribution in [0.2, 0.25) is 0 Å². The zero-order chi connectivity index (χ0) is 11.4. The van der Waals surface area contributed by atoms with Crippen molar-refractivity contribution < 1.29 is 9.59 Å². The van der Waals surface area contributed by atoms with Crippen molar-refractivity contribution in [2.24, 2.45) is 0 Å². The van der Waals surface area contributed by atoms with Gasteiger partial charge in [0.15, 0.2) is 12.6 Å². The van der Waals surface area contributed by atoms with Gasteiger partial charge in [-0.25, -0.2) is 0 Å². The van der Waals surface area contributed by atoms with E-state index in [2.05, 4.69) is 9.97 Å². The van der Waals surface area contributed by atoms with Crippen LogP contribution in [0.3, 0.4) is 0 Å². The number of hydrogen-bond acceptors (Lipinski definition) is 4. The minimum Gasteiger partial charge on any atom is -0.298 e. The zero-order valence-corrected chi connectivity index (χ0v) is 8.33. The molecule has 0 saturated carbocycles. The van der Waals surface area contributed by atoms with Crippen molar-refractivity contribution in [3.8, 4) is 11.3 Å². The Bertz CT molecular complexity index is 524. The van der Waals surface area contributed by atoms with Gasteiger partial charge in [0.05, 0.1) is 11.3 Å². The molecule has 0 spiro atoms. The van der Waals surface area contributed by atoms with Gasteiger partial charge in [0, 0.05) is 29.7 Å². The van der Waals surface area contributed by atoms with E-state index < -0.39 is 0 Å². The van der Waals surface area contributed by atoms with Gasteiger partial charge < -0.3 is 0 Å².